The Bertz CT molecular complexity index is 1270. The van der Waals surface area contributed by atoms with Gasteiger partial charge in [0, 0.05) is 51.4 Å². The first-order chi connectivity index (χ1) is 19.2. The van der Waals surface area contributed by atoms with Crippen LogP contribution in [0, 0.1) is 5.41 Å². The molecule has 0 unspecified atom stereocenters. The number of anilines is 4. The third-order valence-electron chi connectivity index (χ3n) is 8.36. The van der Waals surface area contributed by atoms with E-state index in [0.29, 0.717) is 41.2 Å². The third-order valence-corrected chi connectivity index (χ3v) is 8.36. The molecule has 2 fully saturated rings. The topological polar surface area (TPSA) is 106 Å². The molecule has 1 saturated carbocycles. The molecule has 0 spiro atoms. The number of hydrogen-bond donors (Lipinski definition) is 2. The number of nitrogens with zero attached hydrogens (tertiary/aromatic N) is 6. The van der Waals surface area contributed by atoms with Gasteiger partial charge in [0.25, 0.3) is 5.91 Å². The van der Waals surface area contributed by atoms with Crippen LogP contribution in [0.4, 0.5) is 23.1 Å². The van der Waals surface area contributed by atoms with E-state index in [2.05, 4.69) is 39.2 Å². The van der Waals surface area contributed by atoms with Crippen molar-refractivity contribution in [3.05, 3.63) is 42.6 Å². The number of hydrogen-bond acceptors (Lipinski definition) is 9. The highest BCUT2D eigenvalue weighted by molar-refractivity contribution is 6.02. The highest BCUT2D eigenvalue weighted by Gasteiger charge is 2.42. The van der Waals surface area contributed by atoms with Gasteiger partial charge >= 0.3 is 0 Å². The Morgan fingerprint density at radius 1 is 1.18 bits per heavy atom. The summed E-state index contributed by atoms with van der Waals surface area (Å²) in [5.74, 6) is 1.41. The summed E-state index contributed by atoms with van der Waals surface area (Å²) in [6, 6.07) is 5.57. The molecular formula is C29H40N8O3. The van der Waals surface area contributed by atoms with Crippen LogP contribution < -0.4 is 25.3 Å². The molecule has 1 saturated heterocycles. The van der Waals surface area contributed by atoms with Crippen molar-refractivity contribution in [3.8, 4) is 5.75 Å². The molecular weight excluding hydrogens is 508 g/mol. The number of piperazine rings is 1. The SMILES string of the molecule is C=C[C@@]1(C)CN(C2CCCC2)c2nc(Nc3ccc(C(=O)NN4CCN(C)CC4)cc3OC)ncc2N(C)C1=O. The minimum atomic E-state index is -0.741. The van der Waals surface area contributed by atoms with E-state index in [9.17, 15) is 9.59 Å². The molecule has 1 aliphatic carbocycles. The smallest absolute Gasteiger partial charge is 0.265 e. The van der Waals surface area contributed by atoms with E-state index in [0.717, 1.165) is 57.7 Å². The van der Waals surface area contributed by atoms with Crippen LogP contribution in [0.2, 0.25) is 0 Å². The maximum Gasteiger partial charge on any atom is 0.265 e. The minimum Gasteiger partial charge on any atom is -0.495 e. The highest BCUT2D eigenvalue weighted by Crippen LogP contribution is 2.41. The lowest BCUT2D eigenvalue weighted by molar-refractivity contribution is -0.124. The fraction of sp³-hybridized carbons (Fsp3) is 0.517. The summed E-state index contributed by atoms with van der Waals surface area (Å²) in [4.78, 5) is 41.9. The first-order valence-corrected chi connectivity index (χ1v) is 14.0. The van der Waals surface area contributed by atoms with Crippen molar-refractivity contribution in [3.63, 3.8) is 0 Å². The Morgan fingerprint density at radius 3 is 2.58 bits per heavy atom. The number of ether oxygens (including phenoxy) is 1. The zero-order chi connectivity index (χ0) is 28.4. The Labute approximate surface area is 236 Å². The average Bonchev–Trinajstić information content (AvgIpc) is 3.49. The molecule has 2 amide bonds. The normalized spacial score (nSPS) is 22.6. The number of nitrogens with one attached hydrogen (secondary N) is 2. The molecule has 2 aliphatic heterocycles. The van der Waals surface area contributed by atoms with E-state index in [1.165, 1.54) is 0 Å². The van der Waals surface area contributed by atoms with Gasteiger partial charge in [-0.3, -0.25) is 15.0 Å². The fourth-order valence-electron chi connectivity index (χ4n) is 5.72. The molecule has 2 N–H and O–H groups in total. The van der Waals surface area contributed by atoms with Crippen LogP contribution in [0.3, 0.4) is 0 Å². The Kier molecular flexibility index (Phi) is 7.95. The Morgan fingerprint density at radius 2 is 1.90 bits per heavy atom. The van der Waals surface area contributed by atoms with Crippen molar-refractivity contribution in [1.29, 1.82) is 0 Å². The van der Waals surface area contributed by atoms with Gasteiger partial charge in [-0.05, 0) is 45.0 Å². The number of likely N-dealkylation sites (N-methyl/N-ethyl adjacent to an activating group) is 1. The molecule has 40 heavy (non-hydrogen) atoms. The number of fused-ring (bicyclic) bond motifs is 1. The van der Waals surface area contributed by atoms with Crippen LogP contribution in [-0.4, -0.2) is 91.7 Å². The van der Waals surface area contributed by atoms with Crippen molar-refractivity contribution in [1.82, 2.24) is 25.3 Å². The molecule has 3 heterocycles. The number of rotatable bonds is 7. The van der Waals surface area contributed by atoms with E-state index in [1.807, 2.05) is 11.9 Å². The maximum absolute atomic E-state index is 13.4. The number of amides is 2. The summed E-state index contributed by atoms with van der Waals surface area (Å²) < 4.78 is 5.63. The van der Waals surface area contributed by atoms with Gasteiger partial charge < -0.3 is 24.8 Å². The Balaban J connectivity index is 1.40. The molecule has 0 radical (unpaired) electrons. The largest absolute Gasteiger partial charge is 0.495 e. The summed E-state index contributed by atoms with van der Waals surface area (Å²) in [7, 11) is 5.41. The number of aromatic nitrogens is 2. The zero-order valence-corrected chi connectivity index (χ0v) is 23.9. The number of methoxy groups -OCH3 is 1. The molecule has 1 aromatic carbocycles. The van der Waals surface area contributed by atoms with Crippen molar-refractivity contribution >= 4 is 35.0 Å². The molecule has 1 aromatic heterocycles. The van der Waals surface area contributed by atoms with E-state index in [4.69, 9.17) is 9.72 Å². The second kappa shape index (κ2) is 11.4. The molecule has 11 nitrogen and oxygen atoms in total. The van der Waals surface area contributed by atoms with Gasteiger partial charge in [0.05, 0.1) is 24.4 Å². The van der Waals surface area contributed by atoms with Gasteiger partial charge in [-0.2, -0.15) is 4.98 Å². The number of carbonyl (C=O) groups is 2. The van der Waals surface area contributed by atoms with Gasteiger partial charge in [-0.15, -0.1) is 6.58 Å². The molecule has 214 valence electrons. The zero-order valence-electron chi connectivity index (χ0n) is 23.9. The third kappa shape index (κ3) is 5.48. The molecule has 3 aliphatic rings. The molecule has 0 bridgehead atoms. The fourth-order valence-corrected chi connectivity index (χ4v) is 5.72. The van der Waals surface area contributed by atoms with Crippen molar-refractivity contribution in [2.45, 2.75) is 38.6 Å². The number of benzene rings is 1. The predicted molar refractivity (Wildman–Crippen MR) is 156 cm³/mol. The summed E-state index contributed by atoms with van der Waals surface area (Å²) in [5, 5.41) is 5.22. The van der Waals surface area contributed by atoms with E-state index < -0.39 is 5.41 Å². The standard InChI is InChI=1S/C29H40N8O3/c1-6-29(2)19-37(21-9-7-8-10-21)25-23(35(4)27(29)39)18-30-28(32-25)31-22-12-11-20(17-24(22)40-5)26(38)33-36-15-13-34(3)14-16-36/h6,11-12,17-18,21H,1,7-10,13-16,19H2,2-5H3,(H,33,38)(H,30,31,32)/t29-/m0/s1. The summed E-state index contributed by atoms with van der Waals surface area (Å²) in [5.41, 5.74) is 4.06. The summed E-state index contributed by atoms with van der Waals surface area (Å²) in [6.45, 7) is 9.79. The molecule has 2 aromatic rings. The number of hydrazine groups is 1. The lowest BCUT2D eigenvalue weighted by Crippen LogP contribution is -2.52. The first-order valence-electron chi connectivity index (χ1n) is 14.0. The van der Waals surface area contributed by atoms with Crippen LogP contribution in [0.25, 0.3) is 0 Å². The van der Waals surface area contributed by atoms with Gasteiger partial charge in [0.1, 0.15) is 11.4 Å². The van der Waals surface area contributed by atoms with Gasteiger partial charge in [0.2, 0.25) is 11.9 Å². The quantitative estimate of drug-likeness (QED) is 0.505. The van der Waals surface area contributed by atoms with E-state index >= 15 is 0 Å². The van der Waals surface area contributed by atoms with E-state index in [-0.39, 0.29) is 11.8 Å². The van der Waals surface area contributed by atoms with Gasteiger partial charge in [-0.25, -0.2) is 9.99 Å². The Hall–Kier alpha value is -3.70. The first kappa shape index (κ1) is 27.9. The van der Waals surface area contributed by atoms with Gasteiger partial charge in [-0.1, -0.05) is 18.9 Å². The summed E-state index contributed by atoms with van der Waals surface area (Å²) in [6.07, 6.45) is 7.88. The molecule has 11 heteroatoms. The van der Waals surface area contributed by atoms with Crippen molar-refractivity contribution < 1.29 is 14.3 Å². The number of carbonyl (C=O) groups excluding carboxylic acids is 2. The predicted octanol–water partition coefficient (Wildman–Crippen LogP) is 3.04. The van der Waals surface area contributed by atoms with Crippen LogP contribution in [0.5, 0.6) is 5.75 Å². The second-order valence-electron chi connectivity index (χ2n) is 11.2. The van der Waals surface area contributed by atoms with Crippen molar-refractivity contribution in [2.24, 2.45) is 5.41 Å². The lowest BCUT2D eigenvalue weighted by atomic mass is 9.88. The monoisotopic (exact) mass is 548 g/mol. The van der Waals surface area contributed by atoms with E-state index in [1.54, 1.807) is 49.5 Å². The second-order valence-corrected chi connectivity index (χ2v) is 11.2. The van der Waals surface area contributed by atoms with Crippen molar-refractivity contribution in [2.75, 3.05) is 69.0 Å². The minimum absolute atomic E-state index is 0.0272. The van der Waals surface area contributed by atoms with Gasteiger partial charge in [0.15, 0.2) is 5.82 Å². The van der Waals surface area contributed by atoms with Crippen LogP contribution in [-0.2, 0) is 4.79 Å². The molecule has 5 rings (SSSR count). The van der Waals surface area contributed by atoms with Crippen LogP contribution in [0.15, 0.2) is 37.1 Å². The van der Waals surface area contributed by atoms with Crippen LogP contribution >= 0.6 is 0 Å². The summed E-state index contributed by atoms with van der Waals surface area (Å²) >= 11 is 0. The maximum atomic E-state index is 13.4. The highest BCUT2D eigenvalue weighted by atomic mass is 16.5. The van der Waals surface area contributed by atoms with Crippen LogP contribution in [0.1, 0.15) is 43.0 Å². The molecule has 1 atom stereocenters. The lowest BCUT2D eigenvalue weighted by Gasteiger charge is -2.34. The average molecular weight is 549 g/mol.